The van der Waals surface area contributed by atoms with Gasteiger partial charge in [-0.3, -0.25) is 9.59 Å². The van der Waals surface area contributed by atoms with Gasteiger partial charge in [0.05, 0.1) is 11.1 Å². The fraction of sp³-hybridized carbons (Fsp3) is 0.111. The van der Waals surface area contributed by atoms with E-state index >= 15 is 0 Å². The Kier molecular flexibility index (Phi) is 4.93. The van der Waals surface area contributed by atoms with E-state index < -0.39 is 35.2 Å². The lowest BCUT2D eigenvalue weighted by Gasteiger charge is -2.14. The van der Waals surface area contributed by atoms with Gasteiger partial charge in [-0.2, -0.15) is 5.10 Å². The summed E-state index contributed by atoms with van der Waals surface area (Å²) in [6.07, 6.45) is -1.33. The van der Waals surface area contributed by atoms with Crippen molar-refractivity contribution in [2.24, 2.45) is 0 Å². The molecule has 1 amide bonds. The Labute approximate surface area is 151 Å². The summed E-state index contributed by atoms with van der Waals surface area (Å²) in [4.78, 5) is 36.2. The molecule has 0 aliphatic carbocycles. The smallest absolute Gasteiger partial charge is 0.360 e. The quantitative estimate of drug-likeness (QED) is 0.684. The molecule has 0 bridgehead atoms. The second-order valence-corrected chi connectivity index (χ2v) is 5.61. The largest absolute Gasteiger partial charge is 0.448 e. The lowest BCUT2D eigenvalue weighted by atomic mass is 10.1. The van der Waals surface area contributed by atoms with Crippen LogP contribution in [0.25, 0.3) is 10.8 Å². The molecule has 2 aromatic carbocycles. The molecule has 9 heteroatoms. The van der Waals surface area contributed by atoms with Crippen LogP contribution >= 0.6 is 0 Å². The van der Waals surface area contributed by atoms with E-state index in [0.29, 0.717) is 0 Å². The zero-order valence-electron chi connectivity index (χ0n) is 14.0. The van der Waals surface area contributed by atoms with Gasteiger partial charge in [0.15, 0.2) is 11.8 Å². The fourth-order valence-electron chi connectivity index (χ4n) is 2.37. The van der Waals surface area contributed by atoms with Gasteiger partial charge in [0, 0.05) is 11.5 Å². The van der Waals surface area contributed by atoms with Gasteiger partial charge in [0.1, 0.15) is 11.6 Å². The molecule has 0 radical (unpaired) electrons. The van der Waals surface area contributed by atoms with Gasteiger partial charge in [-0.25, -0.2) is 18.7 Å². The van der Waals surface area contributed by atoms with Crippen molar-refractivity contribution in [3.8, 4) is 0 Å². The summed E-state index contributed by atoms with van der Waals surface area (Å²) >= 11 is 0. The van der Waals surface area contributed by atoms with E-state index in [9.17, 15) is 23.2 Å². The van der Waals surface area contributed by atoms with Gasteiger partial charge in [0.25, 0.3) is 11.5 Å². The highest BCUT2D eigenvalue weighted by Gasteiger charge is 2.23. The first-order chi connectivity index (χ1) is 12.9. The number of nitrogens with zero attached hydrogens (tertiary/aromatic N) is 1. The third kappa shape index (κ3) is 3.81. The predicted octanol–water partition coefficient (Wildman–Crippen LogP) is 2.39. The van der Waals surface area contributed by atoms with E-state index in [1.807, 2.05) is 0 Å². The van der Waals surface area contributed by atoms with Gasteiger partial charge < -0.3 is 10.1 Å². The third-order valence-electron chi connectivity index (χ3n) is 3.73. The van der Waals surface area contributed by atoms with Crippen molar-refractivity contribution in [1.82, 2.24) is 10.2 Å². The highest BCUT2D eigenvalue weighted by Crippen LogP contribution is 2.17. The minimum atomic E-state index is -1.33. The molecule has 0 saturated heterocycles. The molecule has 0 fully saturated rings. The third-order valence-corrected chi connectivity index (χ3v) is 3.73. The number of hydrogen-bond acceptors (Lipinski definition) is 5. The van der Waals surface area contributed by atoms with Crippen molar-refractivity contribution >= 4 is 28.3 Å². The molecule has 3 aromatic rings. The summed E-state index contributed by atoms with van der Waals surface area (Å²) in [6, 6.07) is 8.83. The van der Waals surface area contributed by atoms with E-state index in [2.05, 4.69) is 15.5 Å². The normalized spacial score (nSPS) is 11.8. The van der Waals surface area contributed by atoms with Crippen molar-refractivity contribution in [3.63, 3.8) is 0 Å². The zero-order chi connectivity index (χ0) is 19.6. The first kappa shape index (κ1) is 18.2. The van der Waals surface area contributed by atoms with Crippen LogP contribution in [0.3, 0.4) is 0 Å². The van der Waals surface area contributed by atoms with E-state index in [1.165, 1.54) is 19.1 Å². The number of fused-ring (bicyclic) bond motifs is 1. The molecule has 1 aromatic heterocycles. The van der Waals surface area contributed by atoms with E-state index in [0.717, 1.165) is 18.2 Å². The van der Waals surface area contributed by atoms with Crippen LogP contribution < -0.4 is 10.9 Å². The number of anilines is 1. The van der Waals surface area contributed by atoms with Crippen LogP contribution in [0, 0.1) is 11.6 Å². The number of esters is 1. The number of aromatic amines is 1. The van der Waals surface area contributed by atoms with Crippen molar-refractivity contribution in [3.05, 3.63) is 70.1 Å². The number of benzene rings is 2. The van der Waals surface area contributed by atoms with Crippen LogP contribution in [0.1, 0.15) is 17.4 Å². The number of amides is 1. The summed E-state index contributed by atoms with van der Waals surface area (Å²) < 4.78 is 31.8. The highest BCUT2D eigenvalue weighted by molar-refractivity contribution is 6.03. The molecular formula is C18H13F2N3O4. The highest BCUT2D eigenvalue weighted by atomic mass is 19.1. The molecule has 138 valence electrons. The van der Waals surface area contributed by atoms with Crippen LogP contribution in [-0.4, -0.2) is 28.2 Å². The maximum Gasteiger partial charge on any atom is 0.360 e. The Morgan fingerprint density at radius 1 is 1.15 bits per heavy atom. The Hall–Kier alpha value is -3.62. The molecule has 2 N–H and O–H groups in total. The lowest BCUT2D eigenvalue weighted by molar-refractivity contribution is -0.123. The number of carbonyl (C=O) groups excluding carboxylic acids is 2. The molecular weight excluding hydrogens is 360 g/mol. The second kappa shape index (κ2) is 7.32. The number of halogens is 2. The second-order valence-electron chi connectivity index (χ2n) is 5.61. The van der Waals surface area contributed by atoms with Crippen molar-refractivity contribution in [1.29, 1.82) is 0 Å². The van der Waals surface area contributed by atoms with Crippen LogP contribution in [0.5, 0.6) is 0 Å². The van der Waals surface area contributed by atoms with E-state index in [1.54, 1.807) is 12.1 Å². The van der Waals surface area contributed by atoms with Crippen LogP contribution in [-0.2, 0) is 9.53 Å². The SMILES string of the molecule is C[C@@H](OC(=O)c1n[nH]c(=O)c2ccccc12)C(=O)Nc1cc(F)ccc1F. The van der Waals surface area contributed by atoms with Gasteiger partial charge in [-0.15, -0.1) is 0 Å². The Morgan fingerprint density at radius 3 is 2.59 bits per heavy atom. The Bertz CT molecular complexity index is 1100. The molecule has 1 atom stereocenters. The molecule has 1 heterocycles. The van der Waals surface area contributed by atoms with Crippen LogP contribution in [0.15, 0.2) is 47.3 Å². The number of ether oxygens (including phenoxy) is 1. The Morgan fingerprint density at radius 2 is 1.85 bits per heavy atom. The maximum atomic E-state index is 13.6. The van der Waals surface area contributed by atoms with Gasteiger partial charge >= 0.3 is 5.97 Å². The number of rotatable bonds is 4. The number of hydrogen-bond donors (Lipinski definition) is 2. The van der Waals surface area contributed by atoms with Crippen LogP contribution in [0.4, 0.5) is 14.5 Å². The number of H-pyrrole nitrogens is 1. The molecule has 3 rings (SSSR count). The Balaban J connectivity index is 1.78. The van der Waals surface area contributed by atoms with E-state index in [4.69, 9.17) is 4.74 Å². The summed E-state index contributed by atoms with van der Waals surface area (Å²) in [5, 5.41) is 8.50. The van der Waals surface area contributed by atoms with Crippen LogP contribution in [0.2, 0.25) is 0 Å². The summed E-state index contributed by atoms with van der Waals surface area (Å²) in [5.41, 5.74) is -1.04. The standard InChI is InChI=1S/C18H13F2N3O4/c1-9(16(24)21-14-8-10(19)6-7-13(14)20)27-18(26)15-11-4-2-3-5-12(11)17(25)23-22-15/h2-9H,1H3,(H,21,24)(H,23,25)/t9-/m1/s1. The predicted molar refractivity (Wildman–Crippen MR) is 92.2 cm³/mol. The summed E-state index contributed by atoms with van der Waals surface area (Å²) in [7, 11) is 0. The molecule has 0 aliphatic heterocycles. The zero-order valence-corrected chi connectivity index (χ0v) is 14.0. The molecule has 0 saturated carbocycles. The average molecular weight is 373 g/mol. The molecule has 27 heavy (non-hydrogen) atoms. The minimum Gasteiger partial charge on any atom is -0.448 e. The van der Waals surface area contributed by atoms with Gasteiger partial charge in [0.2, 0.25) is 0 Å². The number of carbonyl (C=O) groups is 2. The summed E-state index contributed by atoms with van der Waals surface area (Å²) in [6.45, 7) is 1.26. The molecule has 0 aliphatic rings. The number of aromatic nitrogens is 2. The maximum absolute atomic E-state index is 13.6. The monoisotopic (exact) mass is 373 g/mol. The summed E-state index contributed by atoms with van der Waals surface area (Å²) in [5.74, 6) is -3.39. The topological polar surface area (TPSA) is 101 Å². The molecule has 0 spiro atoms. The average Bonchev–Trinajstić information content (AvgIpc) is 2.65. The van der Waals surface area contributed by atoms with E-state index in [-0.39, 0.29) is 22.2 Å². The fourth-order valence-corrected chi connectivity index (χ4v) is 2.37. The number of nitrogens with one attached hydrogen (secondary N) is 2. The van der Waals surface area contributed by atoms with Gasteiger partial charge in [-0.05, 0) is 25.1 Å². The first-order valence-corrected chi connectivity index (χ1v) is 7.81. The minimum absolute atomic E-state index is 0.179. The van der Waals surface area contributed by atoms with Crippen molar-refractivity contribution in [2.45, 2.75) is 13.0 Å². The lowest BCUT2D eigenvalue weighted by Crippen LogP contribution is -2.31. The molecule has 7 nitrogen and oxygen atoms in total. The van der Waals surface area contributed by atoms with Crippen molar-refractivity contribution in [2.75, 3.05) is 5.32 Å². The van der Waals surface area contributed by atoms with Crippen molar-refractivity contribution < 1.29 is 23.1 Å². The first-order valence-electron chi connectivity index (χ1n) is 7.81. The van der Waals surface area contributed by atoms with Gasteiger partial charge in [-0.1, -0.05) is 18.2 Å². The molecule has 0 unspecified atom stereocenters.